The normalized spacial score (nSPS) is 28.7. The molecule has 0 unspecified atom stereocenters. The first kappa shape index (κ1) is 24.1. The van der Waals surface area contributed by atoms with Gasteiger partial charge < -0.3 is 19.5 Å². The second-order valence-corrected chi connectivity index (χ2v) is 9.62. The molecular weight excluding hydrogens is 535 g/mol. The van der Waals surface area contributed by atoms with Crippen LogP contribution >= 0.6 is 22.6 Å². The lowest BCUT2D eigenvalue weighted by Gasteiger charge is -2.48. The number of carbonyl (C=O) groups excluding carboxylic acids is 2. The third-order valence-electron chi connectivity index (χ3n) is 6.09. The molecule has 0 aliphatic carbocycles. The van der Waals surface area contributed by atoms with Crippen LogP contribution in [0.1, 0.15) is 29.8 Å². The maximum absolute atomic E-state index is 13.1. The summed E-state index contributed by atoms with van der Waals surface area (Å²) in [7, 11) is 1.62. The van der Waals surface area contributed by atoms with Crippen molar-refractivity contribution in [2.75, 3.05) is 11.5 Å². The summed E-state index contributed by atoms with van der Waals surface area (Å²) >= 11 is 2.29. The van der Waals surface area contributed by atoms with Crippen molar-refractivity contribution in [2.45, 2.75) is 56.6 Å². The number of carbonyl (C=O) groups is 2. The molecule has 8 heteroatoms. The van der Waals surface area contributed by atoms with Gasteiger partial charge in [0.25, 0.3) is 0 Å². The highest BCUT2D eigenvalue weighted by molar-refractivity contribution is 14.1. The van der Waals surface area contributed by atoms with Crippen LogP contribution in [-0.4, -0.2) is 64.4 Å². The van der Waals surface area contributed by atoms with Crippen molar-refractivity contribution in [3.63, 3.8) is 0 Å². The van der Waals surface area contributed by atoms with E-state index in [1.165, 1.54) is 0 Å². The molecule has 1 amide bonds. The molecule has 1 N–H and O–H groups in total. The number of rotatable bonds is 6. The van der Waals surface area contributed by atoms with Gasteiger partial charge in [0, 0.05) is 18.0 Å². The average molecular weight is 564 g/mol. The number of benzene rings is 2. The van der Waals surface area contributed by atoms with Crippen LogP contribution in [0.3, 0.4) is 0 Å². The van der Waals surface area contributed by atoms with Crippen LogP contribution in [0.25, 0.3) is 0 Å². The van der Waals surface area contributed by atoms with Crippen molar-refractivity contribution < 1.29 is 23.8 Å². The molecule has 4 rings (SSSR count). The minimum atomic E-state index is -0.905. The summed E-state index contributed by atoms with van der Waals surface area (Å²) in [6.45, 7) is 4.16. The molecule has 33 heavy (non-hydrogen) atoms. The Morgan fingerprint density at radius 3 is 2.24 bits per heavy atom. The molecule has 2 heterocycles. The summed E-state index contributed by atoms with van der Waals surface area (Å²) in [6, 6.07) is 18.0. The topological polar surface area (TPSA) is 77.1 Å². The number of hydrogen-bond donors (Lipinski definition) is 1. The molecule has 0 aromatic heterocycles. The lowest BCUT2D eigenvalue weighted by molar-refractivity contribution is -0.155. The third-order valence-corrected chi connectivity index (χ3v) is 7.00. The van der Waals surface area contributed by atoms with Gasteiger partial charge in [-0.25, -0.2) is 4.79 Å². The Labute approximate surface area is 207 Å². The molecular formula is C25H29IN2O5. The van der Waals surface area contributed by atoms with Crippen LogP contribution in [0.15, 0.2) is 60.7 Å². The lowest BCUT2D eigenvalue weighted by Crippen LogP contribution is -2.69. The Morgan fingerprint density at radius 1 is 1.03 bits per heavy atom. The molecule has 2 aliphatic heterocycles. The first-order valence-electron chi connectivity index (χ1n) is 11.0. The number of amides is 1. The Hall–Kier alpha value is -2.01. The Kier molecular flexibility index (Phi) is 7.37. The van der Waals surface area contributed by atoms with E-state index < -0.39 is 36.1 Å². The van der Waals surface area contributed by atoms with E-state index >= 15 is 0 Å². The number of fused-ring (bicyclic) bond motifs is 1. The highest BCUT2D eigenvalue weighted by Crippen LogP contribution is 2.41. The van der Waals surface area contributed by atoms with E-state index in [1.54, 1.807) is 31.3 Å². The minimum absolute atomic E-state index is 0.148. The van der Waals surface area contributed by atoms with Crippen LogP contribution < -0.4 is 5.32 Å². The molecule has 0 radical (unpaired) electrons. The fourth-order valence-corrected chi connectivity index (χ4v) is 5.67. The summed E-state index contributed by atoms with van der Waals surface area (Å²) < 4.78 is 19.2. The maximum atomic E-state index is 13.1. The Bertz CT molecular complexity index is 971. The number of esters is 1. The van der Waals surface area contributed by atoms with Crippen molar-refractivity contribution in [2.24, 2.45) is 0 Å². The fourth-order valence-electron chi connectivity index (χ4n) is 4.66. The maximum Gasteiger partial charge on any atom is 0.338 e. The highest BCUT2D eigenvalue weighted by Gasteiger charge is 2.60. The number of halogens is 1. The van der Waals surface area contributed by atoms with Crippen LogP contribution in [0, 0.1) is 0 Å². The zero-order valence-corrected chi connectivity index (χ0v) is 21.1. The van der Waals surface area contributed by atoms with E-state index in [9.17, 15) is 9.59 Å². The molecule has 7 nitrogen and oxygen atoms in total. The third kappa shape index (κ3) is 5.08. The molecule has 2 aromatic carbocycles. The lowest BCUT2D eigenvalue weighted by atomic mass is 9.87. The molecule has 0 saturated carbocycles. The van der Waals surface area contributed by atoms with E-state index in [0.29, 0.717) is 16.5 Å². The number of nitrogens with zero attached hydrogens (tertiary/aromatic N) is 1. The van der Waals surface area contributed by atoms with Gasteiger partial charge in [-0.2, -0.15) is 0 Å². The first-order chi connectivity index (χ1) is 15.8. The van der Waals surface area contributed by atoms with E-state index in [1.807, 2.05) is 50.2 Å². The van der Waals surface area contributed by atoms with Crippen LogP contribution in [0.5, 0.6) is 0 Å². The summed E-state index contributed by atoms with van der Waals surface area (Å²) in [4.78, 5) is 28.3. The van der Waals surface area contributed by atoms with Gasteiger partial charge in [-0.3, -0.25) is 9.69 Å². The van der Waals surface area contributed by atoms with Gasteiger partial charge in [-0.05, 0) is 31.5 Å². The molecule has 2 aliphatic rings. The van der Waals surface area contributed by atoms with Gasteiger partial charge in [0.15, 0.2) is 5.79 Å². The fraction of sp³-hybridized carbons (Fsp3) is 0.440. The highest BCUT2D eigenvalue weighted by atomic mass is 127. The van der Waals surface area contributed by atoms with Crippen LogP contribution in [-0.2, 0) is 25.5 Å². The summed E-state index contributed by atoms with van der Waals surface area (Å²) in [5.41, 5.74) is 1.54. The quantitative estimate of drug-likeness (QED) is 0.330. The zero-order chi connectivity index (χ0) is 23.6. The van der Waals surface area contributed by atoms with Gasteiger partial charge in [-0.1, -0.05) is 71.1 Å². The zero-order valence-electron chi connectivity index (χ0n) is 18.9. The second-order valence-electron chi connectivity index (χ2n) is 8.74. The number of likely N-dealkylation sites (N-methyl/N-ethyl adjacent to an activating group) is 1. The van der Waals surface area contributed by atoms with Gasteiger partial charge in [0.1, 0.15) is 24.4 Å². The molecule has 0 spiro atoms. The number of hydrogen-bond acceptors (Lipinski definition) is 6. The predicted molar refractivity (Wildman–Crippen MR) is 132 cm³/mol. The van der Waals surface area contributed by atoms with Crippen molar-refractivity contribution in [3.8, 4) is 0 Å². The van der Waals surface area contributed by atoms with Crippen molar-refractivity contribution >= 4 is 34.5 Å². The number of ether oxygens (including phenoxy) is 3. The summed E-state index contributed by atoms with van der Waals surface area (Å²) in [6.07, 6.45) is -1.76. The minimum Gasteiger partial charge on any atom is -0.454 e. The number of nitrogens with one attached hydrogen (secondary N) is 1. The van der Waals surface area contributed by atoms with Crippen LogP contribution in [0.4, 0.5) is 0 Å². The summed E-state index contributed by atoms with van der Waals surface area (Å²) in [5.74, 6) is -1.47. The molecule has 0 bridgehead atoms. The molecule has 2 fully saturated rings. The number of likely N-dealkylation sites (tertiary alicyclic amines) is 1. The predicted octanol–water partition coefficient (Wildman–Crippen LogP) is 3.17. The Balaban J connectivity index is 1.73. The van der Waals surface area contributed by atoms with Gasteiger partial charge in [0.05, 0.1) is 11.6 Å². The number of alkyl halides is 1. The summed E-state index contributed by atoms with van der Waals surface area (Å²) in [5, 5.41) is 2.79. The van der Waals surface area contributed by atoms with E-state index in [2.05, 4.69) is 32.8 Å². The van der Waals surface area contributed by atoms with E-state index in [-0.39, 0.29) is 11.9 Å². The molecule has 5 atom stereocenters. The standard InChI is InChI=1S/C25H29IN2O5/c1-25(2)32-21-19(23(29)27-3)28(15-16-10-6-4-7-11-16)18(14-26)20(22(21)33-25)31-24(30)17-12-8-5-9-13-17/h4-13,18-22H,14-15H2,1-3H3,(H,27,29)/t18-,19+,20-,21-,22+/m1/s1. The molecule has 176 valence electrons. The molecule has 2 saturated heterocycles. The SMILES string of the molecule is CNC(=O)[C@@H]1[C@H]2OC(C)(C)O[C@H]2[C@H](OC(=O)c2ccccc2)[C@@H](CI)N1Cc1ccccc1. The molecule has 2 aromatic rings. The van der Waals surface area contributed by atoms with Gasteiger partial charge in [-0.15, -0.1) is 0 Å². The van der Waals surface area contributed by atoms with E-state index in [4.69, 9.17) is 14.2 Å². The first-order valence-corrected chi connectivity index (χ1v) is 12.6. The van der Waals surface area contributed by atoms with Crippen LogP contribution in [0.2, 0.25) is 0 Å². The number of piperidine rings is 1. The average Bonchev–Trinajstić information content (AvgIpc) is 3.14. The monoisotopic (exact) mass is 564 g/mol. The van der Waals surface area contributed by atoms with Gasteiger partial charge in [0.2, 0.25) is 5.91 Å². The smallest absolute Gasteiger partial charge is 0.338 e. The van der Waals surface area contributed by atoms with E-state index in [0.717, 1.165) is 5.56 Å². The Morgan fingerprint density at radius 2 is 1.64 bits per heavy atom. The second kappa shape index (κ2) is 10.1. The van der Waals surface area contributed by atoms with Gasteiger partial charge >= 0.3 is 5.97 Å². The van der Waals surface area contributed by atoms with Crippen molar-refractivity contribution in [3.05, 3.63) is 71.8 Å². The largest absolute Gasteiger partial charge is 0.454 e. The van der Waals surface area contributed by atoms with Crippen molar-refractivity contribution in [1.29, 1.82) is 0 Å². The van der Waals surface area contributed by atoms with Crippen molar-refractivity contribution in [1.82, 2.24) is 10.2 Å².